The van der Waals surface area contributed by atoms with Crippen LogP contribution in [0.5, 0.6) is 0 Å². The van der Waals surface area contributed by atoms with Gasteiger partial charge in [0.15, 0.2) is 0 Å². The summed E-state index contributed by atoms with van der Waals surface area (Å²) in [6.07, 6.45) is 3.45. The molecule has 0 bridgehead atoms. The summed E-state index contributed by atoms with van der Waals surface area (Å²) >= 11 is 1.77. The SMILES string of the molecule is CCn1cc(S(=O)(=O)NCC2(C)CCCS2)cc1C(=O)O. The molecule has 0 radical (unpaired) electrons. The van der Waals surface area contributed by atoms with E-state index in [-0.39, 0.29) is 15.3 Å². The summed E-state index contributed by atoms with van der Waals surface area (Å²) in [5, 5.41) is 9.08. The summed E-state index contributed by atoms with van der Waals surface area (Å²) in [5.41, 5.74) is -0.0145. The van der Waals surface area contributed by atoms with Gasteiger partial charge in [-0.25, -0.2) is 17.9 Å². The van der Waals surface area contributed by atoms with Gasteiger partial charge < -0.3 is 9.67 Å². The molecule has 1 saturated heterocycles. The fourth-order valence-electron chi connectivity index (χ4n) is 2.38. The third kappa shape index (κ3) is 3.61. The number of carboxylic acids is 1. The molecule has 2 rings (SSSR count). The van der Waals surface area contributed by atoms with Gasteiger partial charge in [0.25, 0.3) is 0 Å². The lowest BCUT2D eigenvalue weighted by Gasteiger charge is -2.22. The average molecular weight is 332 g/mol. The molecule has 1 fully saturated rings. The van der Waals surface area contributed by atoms with Crippen molar-refractivity contribution >= 4 is 27.8 Å². The first-order valence-electron chi connectivity index (χ1n) is 6.84. The highest BCUT2D eigenvalue weighted by molar-refractivity contribution is 8.01. The lowest BCUT2D eigenvalue weighted by Crippen LogP contribution is -2.36. The lowest BCUT2D eigenvalue weighted by molar-refractivity contribution is 0.0685. The summed E-state index contributed by atoms with van der Waals surface area (Å²) in [7, 11) is -3.68. The van der Waals surface area contributed by atoms with Crippen molar-refractivity contribution in [2.24, 2.45) is 0 Å². The van der Waals surface area contributed by atoms with E-state index in [1.807, 2.05) is 6.92 Å². The number of rotatable bonds is 6. The van der Waals surface area contributed by atoms with Gasteiger partial charge in [0.2, 0.25) is 10.0 Å². The molecule has 0 aliphatic carbocycles. The number of hydrogen-bond donors (Lipinski definition) is 2. The maximum atomic E-state index is 12.3. The number of nitrogens with zero attached hydrogens (tertiary/aromatic N) is 1. The molecule has 0 aromatic carbocycles. The standard InChI is InChI=1S/C13H20N2O4S2/c1-3-15-8-10(7-11(15)12(16)17)21(18,19)14-9-13(2)5-4-6-20-13/h7-8,14H,3-6,9H2,1-2H3,(H,16,17). The van der Waals surface area contributed by atoms with Crippen LogP contribution < -0.4 is 4.72 Å². The van der Waals surface area contributed by atoms with Crippen molar-refractivity contribution in [2.45, 2.75) is 42.9 Å². The van der Waals surface area contributed by atoms with Gasteiger partial charge in [-0.05, 0) is 38.5 Å². The van der Waals surface area contributed by atoms with Crippen LogP contribution in [0, 0.1) is 0 Å². The van der Waals surface area contributed by atoms with Crippen LogP contribution in [-0.4, -0.2) is 41.1 Å². The van der Waals surface area contributed by atoms with Gasteiger partial charge in [-0.15, -0.1) is 0 Å². The largest absolute Gasteiger partial charge is 0.477 e. The normalized spacial score (nSPS) is 22.6. The topological polar surface area (TPSA) is 88.4 Å². The minimum absolute atomic E-state index is 0.00773. The van der Waals surface area contributed by atoms with Crippen molar-refractivity contribution < 1.29 is 18.3 Å². The van der Waals surface area contributed by atoms with E-state index < -0.39 is 16.0 Å². The Morgan fingerprint density at radius 2 is 2.29 bits per heavy atom. The van der Waals surface area contributed by atoms with Crippen LogP contribution in [-0.2, 0) is 16.6 Å². The Hall–Kier alpha value is -0.990. The minimum atomic E-state index is -3.68. The average Bonchev–Trinajstić information content (AvgIpc) is 3.03. The van der Waals surface area contributed by atoms with Crippen LogP contribution in [0.15, 0.2) is 17.2 Å². The predicted molar refractivity (Wildman–Crippen MR) is 82.4 cm³/mol. The number of aromatic nitrogens is 1. The van der Waals surface area contributed by atoms with E-state index in [1.54, 1.807) is 18.7 Å². The highest BCUT2D eigenvalue weighted by atomic mass is 32.2. The Bertz CT molecular complexity index is 631. The number of hydrogen-bond acceptors (Lipinski definition) is 4. The maximum absolute atomic E-state index is 12.3. The molecule has 0 saturated carbocycles. The van der Waals surface area contributed by atoms with Crippen molar-refractivity contribution in [3.63, 3.8) is 0 Å². The second-order valence-electron chi connectivity index (χ2n) is 5.38. The molecule has 1 aliphatic heterocycles. The second-order valence-corrected chi connectivity index (χ2v) is 8.83. The number of carbonyl (C=O) groups is 1. The predicted octanol–water partition coefficient (Wildman–Crippen LogP) is 1.77. The van der Waals surface area contributed by atoms with Gasteiger partial charge in [0.1, 0.15) is 10.6 Å². The third-order valence-electron chi connectivity index (χ3n) is 3.68. The molecular weight excluding hydrogens is 312 g/mol. The van der Waals surface area contributed by atoms with Crippen LogP contribution in [0.1, 0.15) is 37.2 Å². The van der Waals surface area contributed by atoms with Gasteiger partial charge in [-0.2, -0.15) is 11.8 Å². The van der Waals surface area contributed by atoms with E-state index in [0.29, 0.717) is 13.1 Å². The molecule has 2 N–H and O–H groups in total. The first-order chi connectivity index (χ1) is 9.77. The minimum Gasteiger partial charge on any atom is -0.477 e. The summed E-state index contributed by atoms with van der Waals surface area (Å²) < 4.78 is 28.6. The highest BCUT2D eigenvalue weighted by Gasteiger charge is 2.31. The summed E-state index contributed by atoms with van der Waals surface area (Å²) in [6.45, 7) is 4.59. The van der Waals surface area contributed by atoms with E-state index in [1.165, 1.54) is 16.8 Å². The third-order valence-corrected chi connectivity index (χ3v) is 6.58. The van der Waals surface area contributed by atoms with Crippen LogP contribution in [0.2, 0.25) is 0 Å². The van der Waals surface area contributed by atoms with Gasteiger partial charge in [0, 0.05) is 24.0 Å². The molecule has 1 aromatic heterocycles. The molecule has 1 aromatic rings. The zero-order valence-corrected chi connectivity index (χ0v) is 13.8. The van der Waals surface area contributed by atoms with Gasteiger partial charge in [0.05, 0.1) is 0 Å². The summed E-state index contributed by atoms with van der Waals surface area (Å²) in [5.74, 6) is -0.0789. The molecule has 1 aliphatic rings. The Morgan fingerprint density at radius 3 is 2.76 bits per heavy atom. The van der Waals surface area contributed by atoms with Crippen LogP contribution in [0.4, 0.5) is 0 Å². The van der Waals surface area contributed by atoms with Gasteiger partial charge in [-0.1, -0.05) is 0 Å². The van der Waals surface area contributed by atoms with E-state index in [0.717, 1.165) is 18.6 Å². The quantitative estimate of drug-likeness (QED) is 0.829. The van der Waals surface area contributed by atoms with Crippen molar-refractivity contribution in [3.05, 3.63) is 18.0 Å². The molecule has 0 amide bonds. The van der Waals surface area contributed by atoms with E-state index >= 15 is 0 Å². The van der Waals surface area contributed by atoms with Crippen molar-refractivity contribution in [1.29, 1.82) is 0 Å². The molecule has 6 nitrogen and oxygen atoms in total. The van der Waals surface area contributed by atoms with Crippen LogP contribution >= 0.6 is 11.8 Å². The molecular formula is C13H20N2O4S2. The molecule has 0 spiro atoms. The van der Waals surface area contributed by atoms with Crippen LogP contribution in [0.3, 0.4) is 0 Å². The Labute approximate surface area is 129 Å². The van der Waals surface area contributed by atoms with E-state index in [4.69, 9.17) is 5.11 Å². The van der Waals surface area contributed by atoms with Gasteiger partial charge >= 0.3 is 5.97 Å². The number of thioether (sulfide) groups is 1. The fourth-order valence-corrected chi connectivity index (χ4v) is 4.92. The van der Waals surface area contributed by atoms with Crippen molar-refractivity contribution in [3.8, 4) is 0 Å². The monoisotopic (exact) mass is 332 g/mol. The first-order valence-corrected chi connectivity index (χ1v) is 9.31. The Kier molecular flexibility index (Phi) is 4.69. The molecule has 8 heteroatoms. The zero-order chi connectivity index (χ0) is 15.7. The van der Waals surface area contributed by atoms with Crippen LogP contribution in [0.25, 0.3) is 0 Å². The number of carboxylic acid groups (broad SMARTS) is 1. The van der Waals surface area contributed by atoms with Crippen molar-refractivity contribution in [1.82, 2.24) is 9.29 Å². The number of aryl methyl sites for hydroxylation is 1. The molecule has 1 atom stereocenters. The second kappa shape index (κ2) is 6.02. The fraction of sp³-hybridized carbons (Fsp3) is 0.615. The summed E-state index contributed by atoms with van der Waals surface area (Å²) in [6, 6.07) is 1.21. The number of aromatic carboxylic acids is 1. The summed E-state index contributed by atoms with van der Waals surface area (Å²) in [4.78, 5) is 11.1. The molecule has 2 heterocycles. The molecule has 1 unspecified atom stereocenters. The molecule has 21 heavy (non-hydrogen) atoms. The smallest absolute Gasteiger partial charge is 0.352 e. The highest BCUT2D eigenvalue weighted by Crippen LogP contribution is 2.37. The first kappa shape index (κ1) is 16.4. The van der Waals surface area contributed by atoms with E-state index in [2.05, 4.69) is 4.72 Å². The number of sulfonamides is 1. The van der Waals surface area contributed by atoms with Crippen molar-refractivity contribution in [2.75, 3.05) is 12.3 Å². The van der Waals surface area contributed by atoms with Gasteiger partial charge in [-0.3, -0.25) is 0 Å². The molecule has 118 valence electrons. The number of nitrogens with one attached hydrogen (secondary N) is 1. The zero-order valence-electron chi connectivity index (χ0n) is 12.1. The Balaban J connectivity index is 2.17. The Morgan fingerprint density at radius 1 is 1.57 bits per heavy atom. The maximum Gasteiger partial charge on any atom is 0.352 e. The van der Waals surface area contributed by atoms with E-state index in [9.17, 15) is 13.2 Å². The lowest BCUT2D eigenvalue weighted by atomic mass is 10.1.